The van der Waals surface area contributed by atoms with E-state index in [1.165, 1.54) is 0 Å². The molecule has 0 aromatic heterocycles. The summed E-state index contributed by atoms with van der Waals surface area (Å²) in [6, 6.07) is 0. The summed E-state index contributed by atoms with van der Waals surface area (Å²) in [6.45, 7) is 14.7. The van der Waals surface area contributed by atoms with Gasteiger partial charge in [-0.25, -0.2) is 0 Å². The summed E-state index contributed by atoms with van der Waals surface area (Å²) in [5.74, 6) is -0.148. The quantitative estimate of drug-likeness (QED) is 0.200. The second-order valence-corrected chi connectivity index (χ2v) is 20.6. The van der Waals surface area contributed by atoms with Crippen LogP contribution in [0, 0.1) is 50.7 Å². The highest BCUT2D eigenvalue weighted by molar-refractivity contribution is 5.34. The molecule has 53 heavy (non-hydrogen) atoms. The van der Waals surface area contributed by atoms with Crippen LogP contribution < -0.4 is 0 Å². The number of aliphatic hydroxyl groups is 7. The Kier molecular flexibility index (Phi) is 8.46. The van der Waals surface area contributed by atoms with Crippen LogP contribution in [0.3, 0.4) is 0 Å². The Morgan fingerprint density at radius 2 is 1.36 bits per heavy atom. The molecule has 16 unspecified atom stereocenters. The summed E-state index contributed by atoms with van der Waals surface area (Å²) < 4.78 is 37.4. The van der Waals surface area contributed by atoms with Gasteiger partial charge in [-0.05, 0) is 105 Å². The molecule has 302 valence electrons. The Bertz CT molecular complexity index is 1460. The molecular formula is C40H64O13. The van der Waals surface area contributed by atoms with Crippen molar-refractivity contribution < 1.29 is 64.2 Å². The molecule has 7 N–H and O–H groups in total. The van der Waals surface area contributed by atoms with Gasteiger partial charge in [-0.1, -0.05) is 34.6 Å². The van der Waals surface area contributed by atoms with Gasteiger partial charge in [0.25, 0.3) is 0 Å². The van der Waals surface area contributed by atoms with Crippen LogP contribution in [0.5, 0.6) is 0 Å². The number of aliphatic hydroxyl groups excluding tert-OH is 6. The van der Waals surface area contributed by atoms with Gasteiger partial charge < -0.3 is 64.2 Å². The van der Waals surface area contributed by atoms with Crippen LogP contribution >= 0.6 is 0 Å². The van der Waals surface area contributed by atoms with Gasteiger partial charge >= 0.3 is 0 Å². The topological polar surface area (TPSA) is 197 Å². The van der Waals surface area contributed by atoms with Crippen LogP contribution in [0.25, 0.3) is 0 Å². The Labute approximate surface area is 312 Å². The van der Waals surface area contributed by atoms with E-state index in [-0.39, 0.29) is 58.9 Å². The van der Waals surface area contributed by atoms with Gasteiger partial charge in [0.2, 0.25) is 0 Å². The van der Waals surface area contributed by atoms with Crippen molar-refractivity contribution in [2.24, 2.45) is 50.7 Å². The van der Waals surface area contributed by atoms with Gasteiger partial charge in [0, 0.05) is 11.3 Å². The first-order chi connectivity index (χ1) is 24.7. The van der Waals surface area contributed by atoms with E-state index in [0.717, 1.165) is 51.4 Å². The Balaban J connectivity index is 0.941. The van der Waals surface area contributed by atoms with E-state index in [1.807, 2.05) is 0 Å². The molecular weight excluding hydrogens is 688 g/mol. The molecule has 0 radical (unpaired) electrons. The fourth-order valence-electron chi connectivity index (χ4n) is 15.2. The van der Waals surface area contributed by atoms with Crippen LogP contribution in [0.1, 0.15) is 99.8 Å². The molecule has 13 heteroatoms. The van der Waals surface area contributed by atoms with Gasteiger partial charge in [0.15, 0.2) is 18.4 Å². The predicted octanol–water partition coefficient (Wildman–Crippen LogP) is 1.58. The monoisotopic (exact) mass is 752 g/mol. The lowest BCUT2D eigenvalue weighted by Crippen LogP contribution is -2.62. The molecule has 3 spiro atoms. The van der Waals surface area contributed by atoms with Crippen LogP contribution in [-0.2, 0) is 28.4 Å². The second kappa shape index (κ2) is 11.8. The lowest BCUT2D eigenvalue weighted by Gasteiger charge is -2.63. The van der Waals surface area contributed by atoms with Gasteiger partial charge in [-0.3, -0.25) is 0 Å². The highest BCUT2D eigenvalue weighted by Gasteiger charge is 2.88. The first-order valence-electron chi connectivity index (χ1n) is 20.4. The van der Waals surface area contributed by atoms with Crippen LogP contribution in [-0.4, -0.2) is 134 Å². The van der Waals surface area contributed by atoms with Crippen LogP contribution in [0.15, 0.2) is 0 Å². The molecule has 4 heterocycles. The lowest BCUT2D eigenvalue weighted by atomic mass is 9.41. The van der Waals surface area contributed by atoms with E-state index in [1.54, 1.807) is 13.8 Å². The van der Waals surface area contributed by atoms with Gasteiger partial charge in [0.1, 0.15) is 48.8 Å². The van der Waals surface area contributed by atoms with Crippen molar-refractivity contribution in [1.82, 2.24) is 0 Å². The molecule has 4 aliphatic heterocycles. The normalized spacial score (nSPS) is 61.0. The van der Waals surface area contributed by atoms with Crippen LogP contribution in [0.4, 0.5) is 0 Å². The fourth-order valence-corrected chi connectivity index (χ4v) is 15.2. The van der Waals surface area contributed by atoms with E-state index >= 15 is 0 Å². The summed E-state index contributed by atoms with van der Waals surface area (Å²) in [4.78, 5) is 0. The summed E-state index contributed by atoms with van der Waals surface area (Å²) >= 11 is 0. The molecule has 21 atom stereocenters. The molecule has 9 fully saturated rings. The third-order valence-corrected chi connectivity index (χ3v) is 17.6. The highest BCUT2D eigenvalue weighted by atomic mass is 16.8. The van der Waals surface area contributed by atoms with Crippen LogP contribution in [0.2, 0.25) is 0 Å². The zero-order valence-corrected chi connectivity index (χ0v) is 32.4. The molecule has 2 bridgehead atoms. The maximum atomic E-state index is 12.8. The Hall–Kier alpha value is -0.520. The third kappa shape index (κ3) is 4.72. The van der Waals surface area contributed by atoms with E-state index in [0.29, 0.717) is 11.8 Å². The largest absolute Gasteiger partial charge is 0.388 e. The minimum absolute atomic E-state index is 0.0294. The van der Waals surface area contributed by atoms with Crippen molar-refractivity contribution >= 4 is 0 Å². The zero-order valence-electron chi connectivity index (χ0n) is 32.4. The van der Waals surface area contributed by atoms with Crippen molar-refractivity contribution in [3.8, 4) is 0 Å². The molecule has 0 aromatic carbocycles. The zero-order chi connectivity index (χ0) is 38.1. The fraction of sp³-hybridized carbons (Fsp3) is 1.00. The highest BCUT2D eigenvalue weighted by Crippen LogP contribution is 2.90. The minimum atomic E-state index is -1.56. The molecule has 5 aliphatic carbocycles. The molecule has 4 saturated heterocycles. The SMILES string of the molecule is CC1CC2O[C@@]3(OC2C(C)(C)O)C(O)[C@@]2(C)C4CCC5C(C)(C)C(OC6OCC(O)C(OC7OCC(O)C(O)C7O)C6O)CC[C@@]56C[C@@]46CC[C@]2(C)C13. The number of fused-ring (bicyclic) bond motifs is 4. The number of ether oxygens (including phenoxy) is 6. The first kappa shape index (κ1) is 38.0. The Morgan fingerprint density at radius 3 is 2.06 bits per heavy atom. The van der Waals surface area contributed by atoms with Crippen molar-refractivity contribution in [1.29, 1.82) is 0 Å². The molecule has 0 aromatic rings. The summed E-state index contributed by atoms with van der Waals surface area (Å²) in [5, 5.41) is 76.5. The smallest absolute Gasteiger partial charge is 0.199 e. The Morgan fingerprint density at radius 1 is 0.717 bits per heavy atom. The third-order valence-electron chi connectivity index (χ3n) is 17.6. The summed E-state index contributed by atoms with van der Waals surface area (Å²) in [5.41, 5.74) is -1.77. The summed E-state index contributed by atoms with van der Waals surface area (Å²) in [7, 11) is 0. The second-order valence-electron chi connectivity index (χ2n) is 20.6. The maximum Gasteiger partial charge on any atom is 0.199 e. The lowest BCUT2D eigenvalue weighted by molar-refractivity contribution is -0.345. The van der Waals surface area contributed by atoms with E-state index in [4.69, 9.17) is 28.4 Å². The summed E-state index contributed by atoms with van der Waals surface area (Å²) in [6.07, 6.45) is -4.62. The van der Waals surface area contributed by atoms with Gasteiger partial charge in [-0.2, -0.15) is 0 Å². The molecule has 9 aliphatic rings. The minimum Gasteiger partial charge on any atom is -0.388 e. The standard InChI is InChI=1S/C40H64O13/c1-18-14-21-30(35(4,5)47)53-40(52-21)29(18)36(6)12-13-39-17-38(39)11-10-24(34(2,3)22(38)8-9-23(39)37(36,7)33(40)46)50-32-27(45)28(20(42)16-49-32)51-31-26(44)25(43)19(41)15-48-31/h18-33,41-47H,8-17H2,1-7H3/t18?,19?,20?,21?,22?,23?,24?,25?,26?,27?,28?,29?,30?,31?,32?,33?,36-,37-,38-,39+,40+/m1/s1. The average molecular weight is 753 g/mol. The van der Waals surface area contributed by atoms with Crippen molar-refractivity contribution in [3.63, 3.8) is 0 Å². The van der Waals surface area contributed by atoms with Crippen molar-refractivity contribution in [3.05, 3.63) is 0 Å². The van der Waals surface area contributed by atoms with Gasteiger partial charge in [-0.15, -0.1) is 0 Å². The molecule has 13 nitrogen and oxygen atoms in total. The molecule has 9 rings (SSSR count). The van der Waals surface area contributed by atoms with E-state index in [2.05, 4.69) is 34.6 Å². The average Bonchev–Trinajstić information content (AvgIpc) is 3.60. The number of hydrogen-bond donors (Lipinski definition) is 7. The number of hydrogen-bond acceptors (Lipinski definition) is 13. The molecule has 5 saturated carbocycles. The first-order valence-corrected chi connectivity index (χ1v) is 20.4. The number of rotatable bonds is 5. The van der Waals surface area contributed by atoms with Crippen molar-refractivity contribution in [2.75, 3.05) is 13.2 Å². The maximum absolute atomic E-state index is 12.8. The van der Waals surface area contributed by atoms with E-state index < -0.39 is 78.2 Å². The van der Waals surface area contributed by atoms with E-state index in [9.17, 15) is 35.7 Å². The van der Waals surface area contributed by atoms with Gasteiger partial charge in [0.05, 0.1) is 31.0 Å². The predicted molar refractivity (Wildman–Crippen MR) is 185 cm³/mol. The van der Waals surface area contributed by atoms with Crippen molar-refractivity contribution in [2.45, 2.75) is 185 Å². The molecule has 0 amide bonds.